The second-order valence-electron chi connectivity index (χ2n) is 6.72. The number of hydrogen-bond acceptors (Lipinski definition) is 3. The van der Waals surface area contributed by atoms with Crippen LogP contribution in [0.3, 0.4) is 0 Å². The van der Waals surface area contributed by atoms with Crippen LogP contribution in [0.5, 0.6) is 0 Å². The molecule has 1 aromatic heterocycles. The number of fused-ring (bicyclic) bond motifs is 1. The van der Waals surface area contributed by atoms with Crippen LogP contribution < -0.4 is 11.0 Å². The highest BCUT2D eigenvalue weighted by molar-refractivity contribution is 6.31. The fourth-order valence-corrected chi connectivity index (χ4v) is 3.43. The summed E-state index contributed by atoms with van der Waals surface area (Å²) in [5.74, 6) is -0.824. The molecule has 1 heterocycles. The van der Waals surface area contributed by atoms with Crippen LogP contribution in [0.25, 0.3) is 22.2 Å². The van der Waals surface area contributed by atoms with Gasteiger partial charge >= 0.3 is 5.69 Å². The Bertz CT molecular complexity index is 1290. The lowest BCUT2D eigenvalue weighted by Crippen LogP contribution is -2.33. The highest BCUT2D eigenvalue weighted by Crippen LogP contribution is 2.27. The Morgan fingerprint density at radius 1 is 1.03 bits per heavy atom. The van der Waals surface area contributed by atoms with Gasteiger partial charge in [0.15, 0.2) is 0 Å². The number of rotatable bonds is 5. The topological polar surface area (TPSA) is 64.0 Å². The van der Waals surface area contributed by atoms with Gasteiger partial charge in [0.25, 0.3) is 0 Å². The average Bonchev–Trinajstić information content (AvgIpc) is 2.75. The van der Waals surface area contributed by atoms with Crippen molar-refractivity contribution in [2.45, 2.75) is 13.1 Å². The van der Waals surface area contributed by atoms with Crippen LogP contribution in [0, 0.1) is 5.82 Å². The van der Waals surface area contributed by atoms with Crippen LogP contribution in [-0.2, 0) is 17.9 Å². The predicted octanol–water partition coefficient (Wildman–Crippen LogP) is 4.17. The maximum atomic E-state index is 13.8. The number of carbonyl (C=O) groups is 1. The average molecular weight is 422 g/mol. The summed E-state index contributed by atoms with van der Waals surface area (Å²) < 4.78 is 15.0. The first kappa shape index (κ1) is 19.8. The third-order valence-corrected chi connectivity index (χ3v) is 4.96. The van der Waals surface area contributed by atoms with Crippen molar-refractivity contribution in [1.29, 1.82) is 0 Å². The molecule has 1 amide bonds. The first-order chi connectivity index (χ1) is 14.5. The van der Waals surface area contributed by atoms with Crippen molar-refractivity contribution in [1.82, 2.24) is 14.9 Å². The number of nitrogens with zero attached hydrogens (tertiary/aromatic N) is 2. The lowest BCUT2D eigenvalue weighted by atomic mass is 10.1. The van der Waals surface area contributed by atoms with Gasteiger partial charge in [-0.05, 0) is 24.3 Å². The second-order valence-corrected chi connectivity index (χ2v) is 7.16. The highest BCUT2D eigenvalue weighted by atomic mass is 35.5. The Hall–Kier alpha value is -3.51. The molecular formula is C23H17ClFN3O2. The molecule has 150 valence electrons. The molecule has 0 aliphatic carbocycles. The van der Waals surface area contributed by atoms with E-state index in [2.05, 4.69) is 10.3 Å². The molecule has 0 atom stereocenters. The SMILES string of the molecule is O=C(Cn1c(=O)nc(-c2ccccc2)c2cc(Cl)ccc21)NCc1ccccc1F. The van der Waals surface area contributed by atoms with Gasteiger partial charge in [0, 0.05) is 28.1 Å². The van der Waals surface area contributed by atoms with Gasteiger partial charge in [-0.25, -0.2) is 9.18 Å². The summed E-state index contributed by atoms with van der Waals surface area (Å²) in [5.41, 5.74) is 1.63. The zero-order valence-corrected chi connectivity index (χ0v) is 16.6. The van der Waals surface area contributed by atoms with E-state index in [9.17, 15) is 14.0 Å². The quantitative estimate of drug-likeness (QED) is 0.526. The van der Waals surface area contributed by atoms with Gasteiger partial charge in [0.1, 0.15) is 12.4 Å². The normalized spacial score (nSPS) is 10.9. The minimum atomic E-state index is -0.551. The predicted molar refractivity (Wildman–Crippen MR) is 115 cm³/mol. The van der Waals surface area contributed by atoms with Crippen molar-refractivity contribution >= 4 is 28.4 Å². The monoisotopic (exact) mass is 421 g/mol. The van der Waals surface area contributed by atoms with Gasteiger partial charge in [-0.2, -0.15) is 4.98 Å². The third kappa shape index (κ3) is 4.09. The van der Waals surface area contributed by atoms with Crippen molar-refractivity contribution in [3.63, 3.8) is 0 Å². The van der Waals surface area contributed by atoms with E-state index in [0.29, 0.717) is 27.2 Å². The Balaban J connectivity index is 1.68. The zero-order chi connectivity index (χ0) is 21.1. The molecule has 0 saturated heterocycles. The maximum absolute atomic E-state index is 13.8. The lowest BCUT2D eigenvalue weighted by molar-refractivity contribution is -0.121. The van der Waals surface area contributed by atoms with Crippen LogP contribution in [0.4, 0.5) is 4.39 Å². The molecule has 0 unspecified atom stereocenters. The van der Waals surface area contributed by atoms with Crippen LogP contribution in [0.15, 0.2) is 77.6 Å². The summed E-state index contributed by atoms with van der Waals surface area (Å²) in [7, 11) is 0. The molecule has 4 aromatic rings. The molecular weight excluding hydrogens is 405 g/mol. The summed E-state index contributed by atoms with van der Waals surface area (Å²) in [6, 6.07) is 20.6. The summed E-state index contributed by atoms with van der Waals surface area (Å²) >= 11 is 6.18. The Morgan fingerprint density at radius 3 is 2.53 bits per heavy atom. The molecule has 30 heavy (non-hydrogen) atoms. The summed E-state index contributed by atoms with van der Waals surface area (Å²) in [6.45, 7) is -0.215. The molecule has 0 radical (unpaired) electrons. The van der Waals surface area contributed by atoms with E-state index in [1.807, 2.05) is 30.3 Å². The fraction of sp³-hybridized carbons (Fsp3) is 0.0870. The molecule has 0 spiro atoms. The fourth-order valence-electron chi connectivity index (χ4n) is 3.26. The summed E-state index contributed by atoms with van der Waals surface area (Å²) in [5, 5.41) is 3.80. The molecule has 1 N–H and O–H groups in total. The molecule has 3 aromatic carbocycles. The van der Waals surface area contributed by atoms with E-state index < -0.39 is 17.4 Å². The standard InChI is InChI=1S/C23H17ClFN3O2/c24-17-10-11-20-18(12-17)22(15-6-2-1-3-7-15)27-23(30)28(20)14-21(29)26-13-16-8-4-5-9-19(16)25/h1-12H,13-14H2,(H,26,29). The molecule has 4 rings (SSSR count). The number of aromatic nitrogens is 2. The number of halogens is 2. The van der Waals surface area contributed by atoms with E-state index >= 15 is 0 Å². The van der Waals surface area contributed by atoms with Crippen molar-refractivity contribution in [3.8, 4) is 11.3 Å². The Morgan fingerprint density at radius 2 is 1.77 bits per heavy atom. The highest BCUT2D eigenvalue weighted by Gasteiger charge is 2.15. The third-order valence-electron chi connectivity index (χ3n) is 4.73. The van der Waals surface area contributed by atoms with E-state index in [1.165, 1.54) is 10.6 Å². The van der Waals surface area contributed by atoms with E-state index in [0.717, 1.165) is 5.56 Å². The van der Waals surface area contributed by atoms with Crippen molar-refractivity contribution in [2.24, 2.45) is 0 Å². The molecule has 0 aliphatic heterocycles. The first-order valence-corrected chi connectivity index (χ1v) is 9.66. The minimum Gasteiger partial charge on any atom is -0.350 e. The lowest BCUT2D eigenvalue weighted by Gasteiger charge is -2.13. The Labute approximate surface area is 176 Å². The van der Waals surface area contributed by atoms with Crippen LogP contribution in [0.2, 0.25) is 5.02 Å². The number of nitrogens with one attached hydrogen (secondary N) is 1. The smallest absolute Gasteiger partial charge is 0.349 e. The van der Waals surface area contributed by atoms with Gasteiger partial charge < -0.3 is 5.32 Å². The second kappa shape index (κ2) is 8.47. The first-order valence-electron chi connectivity index (χ1n) is 9.28. The zero-order valence-electron chi connectivity index (χ0n) is 15.8. The van der Waals surface area contributed by atoms with Gasteiger partial charge in [0.2, 0.25) is 5.91 Å². The molecule has 0 bridgehead atoms. The summed E-state index contributed by atoms with van der Waals surface area (Å²) in [6.07, 6.45) is 0. The summed E-state index contributed by atoms with van der Waals surface area (Å²) in [4.78, 5) is 29.4. The van der Waals surface area contributed by atoms with Crippen molar-refractivity contribution in [2.75, 3.05) is 0 Å². The molecule has 7 heteroatoms. The van der Waals surface area contributed by atoms with E-state index in [1.54, 1.807) is 36.4 Å². The molecule has 0 aliphatic rings. The largest absolute Gasteiger partial charge is 0.350 e. The van der Waals surface area contributed by atoms with Crippen LogP contribution in [-0.4, -0.2) is 15.5 Å². The Kier molecular flexibility index (Phi) is 5.59. The van der Waals surface area contributed by atoms with Crippen molar-refractivity contribution < 1.29 is 9.18 Å². The van der Waals surface area contributed by atoms with Gasteiger partial charge in [-0.15, -0.1) is 0 Å². The van der Waals surface area contributed by atoms with Crippen LogP contribution in [0.1, 0.15) is 5.56 Å². The number of carbonyl (C=O) groups excluding carboxylic acids is 1. The van der Waals surface area contributed by atoms with Gasteiger partial charge in [-0.3, -0.25) is 9.36 Å². The maximum Gasteiger partial charge on any atom is 0.349 e. The van der Waals surface area contributed by atoms with Gasteiger partial charge in [-0.1, -0.05) is 60.1 Å². The van der Waals surface area contributed by atoms with E-state index in [4.69, 9.17) is 11.6 Å². The van der Waals surface area contributed by atoms with Crippen LogP contribution >= 0.6 is 11.6 Å². The minimum absolute atomic E-state index is 0.0273. The van der Waals surface area contributed by atoms with E-state index in [-0.39, 0.29) is 13.1 Å². The van der Waals surface area contributed by atoms with Crippen molar-refractivity contribution in [3.05, 3.63) is 99.7 Å². The molecule has 0 fully saturated rings. The van der Waals surface area contributed by atoms with Gasteiger partial charge in [0.05, 0.1) is 11.2 Å². The number of amides is 1. The number of benzene rings is 3. The molecule has 0 saturated carbocycles. The number of hydrogen-bond donors (Lipinski definition) is 1. The molecule has 5 nitrogen and oxygen atoms in total.